The molecular weight excluding hydrogens is 236 g/mol. The van der Waals surface area contributed by atoms with Crippen LogP contribution in [0.4, 0.5) is 0 Å². The first-order valence-corrected chi connectivity index (χ1v) is 6.42. The summed E-state index contributed by atoms with van der Waals surface area (Å²) in [5.74, 6) is 1.81. The molecule has 0 spiro atoms. The molecule has 0 amide bonds. The molecular formula is C17H17O2. The van der Waals surface area contributed by atoms with E-state index in [1.807, 2.05) is 24.3 Å². The van der Waals surface area contributed by atoms with Crippen molar-refractivity contribution in [1.82, 2.24) is 0 Å². The van der Waals surface area contributed by atoms with Gasteiger partial charge in [-0.15, -0.1) is 0 Å². The molecule has 1 aliphatic rings. The maximum atomic E-state index is 5.32. The molecule has 2 aromatic rings. The topological polar surface area (TPSA) is 18.5 Å². The lowest BCUT2D eigenvalue weighted by atomic mass is 9.88. The highest BCUT2D eigenvalue weighted by molar-refractivity contribution is 5.54. The summed E-state index contributed by atoms with van der Waals surface area (Å²) in [6.07, 6.45) is 3.39. The van der Waals surface area contributed by atoms with Crippen LogP contribution in [-0.4, -0.2) is 14.2 Å². The summed E-state index contributed by atoms with van der Waals surface area (Å²) >= 11 is 0. The predicted molar refractivity (Wildman–Crippen MR) is 75.7 cm³/mol. The molecule has 0 heterocycles. The van der Waals surface area contributed by atoms with Crippen molar-refractivity contribution in [3.63, 3.8) is 0 Å². The second kappa shape index (κ2) is 4.61. The fourth-order valence-corrected chi connectivity index (χ4v) is 2.54. The molecule has 2 aromatic carbocycles. The summed E-state index contributed by atoms with van der Waals surface area (Å²) < 4.78 is 10.6. The van der Waals surface area contributed by atoms with Gasteiger partial charge in [0.15, 0.2) is 0 Å². The molecule has 0 atom stereocenters. The zero-order chi connectivity index (χ0) is 13.3. The fourth-order valence-electron chi connectivity index (χ4n) is 2.54. The van der Waals surface area contributed by atoms with Crippen LogP contribution in [0, 0.1) is 6.42 Å². The Hall–Kier alpha value is -1.96. The average molecular weight is 253 g/mol. The first kappa shape index (κ1) is 12.1. The van der Waals surface area contributed by atoms with Gasteiger partial charge in [-0.05, 0) is 48.2 Å². The van der Waals surface area contributed by atoms with Gasteiger partial charge >= 0.3 is 0 Å². The Morgan fingerprint density at radius 1 is 0.842 bits per heavy atom. The van der Waals surface area contributed by atoms with Crippen molar-refractivity contribution >= 4 is 0 Å². The average Bonchev–Trinajstić information content (AvgIpc) is 3.29. The van der Waals surface area contributed by atoms with Gasteiger partial charge in [-0.3, -0.25) is 0 Å². The lowest BCUT2D eigenvalue weighted by molar-refractivity contribution is 0.413. The molecule has 0 saturated heterocycles. The van der Waals surface area contributed by atoms with E-state index >= 15 is 0 Å². The second-order valence-corrected chi connectivity index (χ2v) is 4.84. The highest BCUT2D eigenvalue weighted by atomic mass is 16.5. The lowest BCUT2D eigenvalue weighted by Gasteiger charge is -2.17. The molecule has 2 heteroatoms. The molecule has 0 aromatic heterocycles. The Kier molecular flexibility index (Phi) is 2.94. The molecule has 3 rings (SSSR count). The normalized spacial score (nSPS) is 15.9. The van der Waals surface area contributed by atoms with Gasteiger partial charge in [0.2, 0.25) is 0 Å². The van der Waals surface area contributed by atoms with Gasteiger partial charge in [-0.25, -0.2) is 0 Å². The van der Waals surface area contributed by atoms with Gasteiger partial charge in [-0.2, -0.15) is 0 Å². The monoisotopic (exact) mass is 253 g/mol. The molecule has 19 heavy (non-hydrogen) atoms. The molecule has 97 valence electrons. The maximum Gasteiger partial charge on any atom is 0.119 e. The van der Waals surface area contributed by atoms with Crippen molar-refractivity contribution in [1.29, 1.82) is 0 Å². The second-order valence-electron chi connectivity index (χ2n) is 4.84. The number of hydrogen-bond donors (Lipinski definition) is 0. The number of ether oxygens (including phenoxy) is 2. The van der Waals surface area contributed by atoms with Crippen molar-refractivity contribution in [2.45, 2.75) is 11.8 Å². The molecule has 1 radical (unpaired) electrons. The van der Waals surface area contributed by atoms with Crippen LogP contribution in [0.5, 0.6) is 11.5 Å². The first-order chi connectivity index (χ1) is 9.28. The highest BCUT2D eigenvalue weighted by Crippen LogP contribution is 2.53. The Labute approximate surface area is 114 Å². The van der Waals surface area contributed by atoms with Crippen LogP contribution in [0.1, 0.15) is 17.5 Å². The summed E-state index contributed by atoms with van der Waals surface area (Å²) in [5, 5.41) is 0. The minimum absolute atomic E-state index is 0.0308. The number of hydrogen-bond acceptors (Lipinski definition) is 2. The lowest BCUT2D eigenvalue weighted by Crippen LogP contribution is -2.09. The van der Waals surface area contributed by atoms with E-state index in [4.69, 9.17) is 9.47 Å². The third kappa shape index (κ3) is 2.07. The first-order valence-electron chi connectivity index (χ1n) is 6.42. The molecule has 1 saturated carbocycles. The quantitative estimate of drug-likeness (QED) is 0.829. The summed E-state index contributed by atoms with van der Waals surface area (Å²) in [6, 6.07) is 16.6. The van der Waals surface area contributed by atoms with Crippen molar-refractivity contribution in [3.05, 3.63) is 66.1 Å². The smallest absolute Gasteiger partial charge is 0.119 e. The Bertz CT molecular complexity index is 536. The predicted octanol–water partition coefficient (Wildman–Crippen LogP) is 3.60. The summed E-state index contributed by atoms with van der Waals surface area (Å²) in [5.41, 5.74) is 2.59. The van der Waals surface area contributed by atoms with Crippen LogP contribution in [0.15, 0.2) is 48.5 Å². The molecule has 2 nitrogen and oxygen atoms in total. The van der Waals surface area contributed by atoms with Gasteiger partial charge in [-0.1, -0.05) is 24.3 Å². The third-order valence-electron chi connectivity index (χ3n) is 3.78. The van der Waals surface area contributed by atoms with Crippen molar-refractivity contribution in [2.24, 2.45) is 0 Å². The van der Waals surface area contributed by atoms with Gasteiger partial charge in [0.05, 0.1) is 14.2 Å². The number of rotatable bonds is 4. The molecule has 1 fully saturated rings. The van der Waals surface area contributed by atoms with E-state index in [0.717, 1.165) is 17.9 Å². The molecule has 0 unspecified atom stereocenters. The minimum Gasteiger partial charge on any atom is -0.497 e. The molecule has 1 aliphatic carbocycles. The van der Waals surface area contributed by atoms with Crippen molar-refractivity contribution in [3.8, 4) is 11.5 Å². The van der Waals surface area contributed by atoms with Crippen LogP contribution < -0.4 is 9.47 Å². The SMILES string of the molecule is COc1cccc(C2(c3cccc(OC)c3)[CH]C2)c1. The van der Waals surface area contributed by atoms with E-state index in [0.29, 0.717) is 0 Å². The van der Waals surface area contributed by atoms with Crippen LogP contribution >= 0.6 is 0 Å². The van der Waals surface area contributed by atoms with Gasteiger partial charge in [0.1, 0.15) is 11.5 Å². The van der Waals surface area contributed by atoms with E-state index in [1.54, 1.807) is 14.2 Å². The molecule has 0 bridgehead atoms. The summed E-state index contributed by atoms with van der Waals surface area (Å²) in [4.78, 5) is 0. The van der Waals surface area contributed by atoms with Crippen molar-refractivity contribution in [2.75, 3.05) is 14.2 Å². The number of methoxy groups -OCH3 is 2. The van der Waals surface area contributed by atoms with Gasteiger partial charge in [0.25, 0.3) is 0 Å². The van der Waals surface area contributed by atoms with Crippen LogP contribution in [0.25, 0.3) is 0 Å². The van der Waals surface area contributed by atoms with E-state index in [9.17, 15) is 0 Å². The summed E-state index contributed by atoms with van der Waals surface area (Å²) in [6.45, 7) is 0. The largest absolute Gasteiger partial charge is 0.497 e. The zero-order valence-corrected chi connectivity index (χ0v) is 11.2. The molecule has 0 aliphatic heterocycles. The van der Waals surface area contributed by atoms with E-state index in [-0.39, 0.29) is 5.41 Å². The minimum atomic E-state index is 0.0308. The summed E-state index contributed by atoms with van der Waals surface area (Å²) in [7, 11) is 3.40. The third-order valence-corrected chi connectivity index (χ3v) is 3.78. The van der Waals surface area contributed by atoms with E-state index in [1.165, 1.54) is 11.1 Å². The maximum absolute atomic E-state index is 5.32. The fraction of sp³-hybridized carbons (Fsp3) is 0.235. The van der Waals surface area contributed by atoms with Gasteiger partial charge < -0.3 is 9.47 Å². The van der Waals surface area contributed by atoms with E-state index < -0.39 is 0 Å². The Balaban J connectivity index is 2.02. The molecule has 0 N–H and O–H groups in total. The highest BCUT2D eigenvalue weighted by Gasteiger charge is 2.46. The Morgan fingerprint density at radius 2 is 1.32 bits per heavy atom. The van der Waals surface area contributed by atoms with Gasteiger partial charge in [0, 0.05) is 5.41 Å². The van der Waals surface area contributed by atoms with Crippen LogP contribution in [0.2, 0.25) is 0 Å². The van der Waals surface area contributed by atoms with Crippen LogP contribution in [0.3, 0.4) is 0 Å². The van der Waals surface area contributed by atoms with Crippen molar-refractivity contribution < 1.29 is 9.47 Å². The Morgan fingerprint density at radius 3 is 1.68 bits per heavy atom. The van der Waals surface area contributed by atoms with E-state index in [2.05, 4.69) is 30.7 Å². The number of benzene rings is 2. The standard InChI is InChI=1S/C17H17O2/c1-18-15-7-3-5-13(11-15)17(9-10-17)14-6-4-8-16(12-14)19-2/h3-9,11-12H,10H2,1-2H3. The van der Waals surface area contributed by atoms with Crippen LogP contribution in [-0.2, 0) is 5.41 Å². The zero-order valence-electron chi connectivity index (χ0n) is 11.2.